The Kier molecular flexibility index (Phi) is 4.43. The smallest absolute Gasteiger partial charge is 0.266 e. The number of hydrogen-bond acceptors (Lipinski definition) is 4. The molecule has 2 N–H and O–H groups in total. The van der Waals surface area contributed by atoms with Crippen LogP contribution in [0.1, 0.15) is 11.3 Å². The predicted molar refractivity (Wildman–Crippen MR) is 79.3 cm³/mol. The highest BCUT2D eigenvalue weighted by Gasteiger charge is 2.23. The van der Waals surface area contributed by atoms with Crippen molar-refractivity contribution >= 4 is 43.2 Å². The molecule has 0 spiro atoms. The van der Waals surface area contributed by atoms with Crippen molar-refractivity contribution < 1.29 is 17.9 Å². The Labute approximate surface area is 129 Å². The van der Waals surface area contributed by atoms with Crippen LogP contribution in [0.25, 0.3) is 0 Å². The number of hydrogen-bond donors (Lipinski definition) is 2. The van der Waals surface area contributed by atoms with Gasteiger partial charge in [-0.15, -0.1) is 0 Å². The minimum absolute atomic E-state index is 0.0359. The highest BCUT2D eigenvalue weighted by molar-refractivity contribution is 9.10. The van der Waals surface area contributed by atoms with Gasteiger partial charge in [-0.05, 0) is 40.5 Å². The highest BCUT2D eigenvalue weighted by atomic mass is 79.9. The summed E-state index contributed by atoms with van der Waals surface area (Å²) in [4.78, 5) is -0.0825. The molecule has 8 heteroatoms. The first-order chi connectivity index (χ1) is 9.35. The SMILES string of the molecule is Cc1c(Cl)cccc1NS(=O)(=O)c1cc(CO)oc1Br. The van der Waals surface area contributed by atoms with Crippen LogP contribution >= 0.6 is 27.5 Å². The third kappa shape index (κ3) is 3.01. The van der Waals surface area contributed by atoms with Crippen molar-refractivity contribution in [1.29, 1.82) is 0 Å². The second-order valence-corrected chi connectivity index (χ2v) is 6.80. The first-order valence-electron chi connectivity index (χ1n) is 5.52. The molecule has 1 aromatic heterocycles. The number of halogens is 2. The molecule has 20 heavy (non-hydrogen) atoms. The van der Waals surface area contributed by atoms with Crippen molar-refractivity contribution in [1.82, 2.24) is 0 Å². The number of anilines is 1. The van der Waals surface area contributed by atoms with E-state index in [-0.39, 0.29) is 21.9 Å². The highest BCUT2D eigenvalue weighted by Crippen LogP contribution is 2.30. The van der Waals surface area contributed by atoms with Gasteiger partial charge in [-0.1, -0.05) is 17.7 Å². The fraction of sp³-hybridized carbons (Fsp3) is 0.167. The monoisotopic (exact) mass is 379 g/mol. The summed E-state index contributed by atoms with van der Waals surface area (Å²) >= 11 is 8.97. The maximum atomic E-state index is 12.3. The van der Waals surface area contributed by atoms with Crippen molar-refractivity contribution in [3.05, 3.63) is 45.3 Å². The molecule has 0 saturated heterocycles. The summed E-state index contributed by atoms with van der Waals surface area (Å²) < 4.78 is 32.1. The zero-order valence-electron chi connectivity index (χ0n) is 10.4. The van der Waals surface area contributed by atoms with Gasteiger partial charge in [-0.3, -0.25) is 4.72 Å². The summed E-state index contributed by atoms with van der Waals surface area (Å²) in [5.74, 6) is 0.153. The Balaban J connectivity index is 2.40. The molecular weight excluding hydrogens is 370 g/mol. The minimum atomic E-state index is -3.83. The zero-order chi connectivity index (χ0) is 14.9. The van der Waals surface area contributed by atoms with E-state index in [1.165, 1.54) is 6.07 Å². The molecule has 5 nitrogen and oxygen atoms in total. The fourth-order valence-electron chi connectivity index (χ4n) is 1.58. The van der Waals surface area contributed by atoms with E-state index in [1.54, 1.807) is 25.1 Å². The van der Waals surface area contributed by atoms with Gasteiger partial charge in [0, 0.05) is 11.1 Å². The van der Waals surface area contributed by atoms with E-state index in [0.717, 1.165) is 0 Å². The number of furan rings is 1. The van der Waals surface area contributed by atoms with Crippen molar-refractivity contribution in [2.24, 2.45) is 0 Å². The van der Waals surface area contributed by atoms with Gasteiger partial charge in [0.1, 0.15) is 17.3 Å². The van der Waals surface area contributed by atoms with Gasteiger partial charge in [-0.2, -0.15) is 0 Å². The Morgan fingerprint density at radius 2 is 2.15 bits per heavy atom. The topological polar surface area (TPSA) is 79.5 Å². The van der Waals surface area contributed by atoms with Crippen LogP contribution in [0.2, 0.25) is 5.02 Å². The van der Waals surface area contributed by atoms with Crippen LogP contribution < -0.4 is 4.72 Å². The lowest BCUT2D eigenvalue weighted by atomic mass is 10.2. The van der Waals surface area contributed by atoms with Crippen LogP contribution in [-0.2, 0) is 16.6 Å². The maximum absolute atomic E-state index is 12.3. The number of aliphatic hydroxyl groups is 1. The summed E-state index contributed by atoms with van der Waals surface area (Å²) in [6.45, 7) is 1.33. The van der Waals surface area contributed by atoms with Crippen LogP contribution in [0, 0.1) is 6.92 Å². The average Bonchev–Trinajstić information content (AvgIpc) is 2.77. The van der Waals surface area contributed by atoms with Crippen LogP contribution in [0.15, 0.2) is 38.2 Å². The van der Waals surface area contributed by atoms with Crippen LogP contribution in [0.3, 0.4) is 0 Å². The second-order valence-electron chi connectivity index (χ2n) is 4.03. The lowest BCUT2D eigenvalue weighted by Gasteiger charge is -2.10. The van der Waals surface area contributed by atoms with Gasteiger partial charge < -0.3 is 9.52 Å². The van der Waals surface area contributed by atoms with Crippen LogP contribution in [0.4, 0.5) is 5.69 Å². The molecular formula is C12H11BrClNO4S. The number of sulfonamides is 1. The van der Waals surface area contributed by atoms with E-state index in [4.69, 9.17) is 21.1 Å². The summed E-state index contributed by atoms with van der Waals surface area (Å²) in [7, 11) is -3.83. The van der Waals surface area contributed by atoms with Gasteiger partial charge in [0.05, 0.1) is 5.69 Å². The molecule has 0 unspecified atom stereocenters. The number of nitrogens with one attached hydrogen (secondary N) is 1. The maximum Gasteiger partial charge on any atom is 0.266 e. The molecule has 0 aliphatic heterocycles. The first-order valence-corrected chi connectivity index (χ1v) is 8.17. The summed E-state index contributed by atoms with van der Waals surface area (Å²) in [6, 6.07) is 6.19. The van der Waals surface area contributed by atoms with E-state index in [0.29, 0.717) is 16.3 Å². The quantitative estimate of drug-likeness (QED) is 0.853. The lowest BCUT2D eigenvalue weighted by Crippen LogP contribution is -2.13. The Bertz CT molecular complexity index is 742. The molecule has 1 heterocycles. The minimum Gasteiger partial charge on any atom is -0.450 e. The van der Waals surface area contributed by atoms with Crippen molar-refractivity contribution in [2.75, 3.05) is 4.72 Å². The van der Waals surface area contributed by atoms with Crippen molar-refractivity contribution in [3.63, 3.8) is 0 Å². The third-order valence-electron chi connectivity index (χ3n) is 2.66. The molecule has 0 radical (unpaired) electrons. The molecule has 2 rings (SSSR count). The van der Waals surface area contributed by atoms with Gasteiger partial charge in [-0.25, -0.2) is 8.42 Å². The second kappa shape index (κ2) is 5.77. The summed E-state index contributed by atoms with van der Waals surface area (Å²) in [5, 5.41) is 9.43. The number of aliphatic hydroxyl groups excluding tert-OH is 1. The molecule has 2 aromatic rings. The molecule has 0 fully saturated rings. The van der Waals surface area contributed by atoms with Gasteiger partial charge in [0.15, 0.2) is 4.67 Å². The summed E-state index contributed by atoms with van der Waals surface area (Å²) in [5.41, 5.74) is 1.01. The molecule has 0 atom stereocenters. The molecule has 0 saturated carbocycles. The summed E-state index contributed by atoms with van der Waals surface area (Å²) in [6.07, 6.45) is 0. The Morgan fingerprint density at radius 1 is 1.45 bits per heavy atom. The standard InChI is InChI=1S/C12H11BrClNO4S/c1-7-9(14)3-2-4-10(7)15-20(17,18)11-5-8(6-16)19-12(11)13/h2-5,15-16H,6H2,1H3. The largest absolute Gasteiger partial charge is 0.450 e. The number of rotatable bonds is 4. The first kappa shape index (κ1) is 15.4. The Morgan fingerprint density at radius 3 is 2.75 bits per heavy atom. The van der Waals surface area contributed by atoms with Gasteiger partial charge >= 0.3 is 0 Å². The van der Waals surface area contributed by atoms with E-state index in [1.807, 2.05) is 0 Å². The average molecular weight is 381 g/mol. The van der Waals surface area contributed by atoms with E-state index in [2.05, 4.69) is 20.7 Å². The lowest BCUT2D eigenvalue weighted by molar-refractivity contribution is 0.245. The van der Waals surface area contributed by atoms with E-state index >= 15 is 0 Å². The normalized spacial score (nSPS) is 11.6. The van der Waals surface area contributed by atoms with Crippen molar-refractivity contribution in [2.45, 2.75) is 18.4 Å². The Hall–Kier alpha value is -1.02. The molecule has 1 aromatic carbocycles. The third-order valence-corrected chi connectivity index (χ3v) is 5.30. The molecule has 0 bridgehead atoms. The molecule has 0 aliphatic carbocycles. The van der Waals surface area contributed by atoms with E-state index < -0.39 is 10.0 Å². The fourth-order valence-corrected chi connectivity index (χ4v) is 3.87. The van der Waals surface area contributed by atoms with Crippen LogP contribution in [0.5, 0.6) is 0 Å². The van der Waals surface area contributed by atoms with Crippen LogP contribution in [-0.4, -0.2) is 13.5 Å². The zero-order valence-corrected chi connectivity index (χ0v) is 13.5. The van der Waals surface area contributed by atoms with Crippen molar-refractivity contribution in [3.8, 4) is 0 Å². The molecule has 108 valence electrons. The predicted octanol–water partition coefficient (Wildman–Crippen LogP) is 3.30. The molecule has 0 amide bonds. The number of benzene rings is 1. The van der Waals surface area contributed by atoms with Gasteiger partial charge in [0.25, 0.3) is 10.0 Å². The van der Waals surface area contributed by atoms with E-state index in [9.17, 15) is 8.42 Å². The molecule has 0 aliphatic rings. The van der Waals surface area contributed by atoms with Gasteiger partial charge in [0.2, 0.25) is 0 Å².